The first-order chi connectivity index (χ1) is 8.58. The molecule has 18 heavy (non-hydrogen) atoms. The largest absolute Gasteiger partial charge is 0.480 e. The Hall–Kier alpha value is -1.84. The van der Waals surface area contributed by atoms with Gasteiger partial charge in [0.15, 0.2) is 0 Å². The summed E-state index contributed by atoms with van der Waals surface area (Å²) in [4.78, 5) is 24.0. The summed E-state index contributed by atoms with van der Waals surface area (Å²) in [6.07, 6.45) is 2.05. The number of benzene rings is 1. The molecule has 0 aliphatic heterocycles. The summed E-state index contributed by atoms with van der Waals surface area (Å²) in [6.45, 7) is 4.00. The summed E-state index contributed by atoms with van der Waals surface area (Å²) in [5.41, 5.74) is 1.73. The van der Waals surface area contributed by atoms with Crippen LogP contribution < -0.4 is 0 Å². The first-order valence-electron chi connectivity index (χ1n) is 6.18. The van der Waals surface area contributed by atoms with Crippen molar-refractivity contribution in [3.05, 3.63) is 35.4 Å². The van der Waals surface area contributed by atoms with Gasteiger partial charge in [0.2, 0.25) is 0 Å². The van der Waals surface area contributed by atoms with Crippen molar-refractivity contribution in [1.29, 1.82) is 0 Å². The summed E-state index contributed by atoms with van der Waals surface area (Å²) in [5, 5.41) is 8.73. The summed E-state index contributed by atoms with van der Waals surface area (Å²) in [5.74, 6) is -1.23. The fourth-order valence-electron chi connectivity index (χ4n) is 1.78. The van der Waals surface area contributed by atoms with Gasteiger partial charge < -0.3 is 10.0 Å². The molecule has 0 spiro atoms. The number of nitrogens with zero attached hydrogens (tertiary/aromatic N) is 1. The standard InChI is InChI=1S/C14H19NO3/c1-3-5-11-6-8-12(9-7-11)14(18)15(4-2)10-13(16)17/h6-9H,3-5,10H2,1-2H3,(H,16,17). The Morgan fingerprint density at radius 3 is 2.22 bits per heavy atom. The molecule has 0 aliphatic rings. The van der Waals surface area contributed by atoms with Crippen molar-refractivity contribution in [3.63, 3.8) is 0 Å². The molecule has 0 aliphatic carbocycles. The van der Waals surface area contributed by atoms with E-state index in [1.165, 1.54) is 10.5 Å². The highest BCUT2D eigenvalue weighted by Crippen LogP contribution is 2.09. The smallest absolute Gasteiger partial charge is 0.323 e. The molecule has 98 valence electrons. The third-order valence-corrected chi connectivity index (χ3v) is 2.73. The average Bonchev–Trinajstić information content (AvgIpc) is 2.36. The second kappa shape index (κ2) is 6.79. The Morgan fingerprint density at radius 1 is 1.17 bits per heavy atom. The van der Waals surface area contributed by atoms with E-state index >= 15 is 0 Å². The highest BCUT2D eigenvalue weighted by molar-refractivity contribution is 5.95. The quantitative estimate of drug-likeness (QED) is 0.840. The topological polar surface area (TPSA) is 57.6 Å². The van der Waals surface area contributed by atoms with Crippen molar-refractivity contribution in [3.8, 4) is 0 Å². The average molecular weight is 249 g/mol. The molecular formula is C14H19NO3. The number of carbonyl (C=O) groups is 2. The molecule has 0 bridgehead atoms. The first kappa shape index (κ1) is 14.2. The van der Waals surface area contributed by atoms with E-state index in [9.17, 15) is 9.59 Å². The van der Waals surface area contributed by atoms with E-state index in [1.807, 2.05) is 12.1 Å². The molecule has 0 atom stereocenters. The van der Waals surface area contributed by atoms with E-state index in [1.54, 1.807) is 19.1 Å². The molecule has 1 rings (SSSR count). The van der Waals surface area contributed by atoms with Crippen LogP contribution in [0.5, 0.6) is 0 Å². The third kappa shape index (κ3) is 3.87. The Labute approximate surface area is 107 Å². The van der Waals surface area contributed by atoms with Gasteiger partial charge in [-0.3, -0.25) is 9.59 Å². The number of carbonyl (C=O) groups excluding carboxylic acids is 1. The van der Waals surface area contributed by atoms with Crippen molar-refractivity contribution in [1.82, 2.24) is 4.90 Å². The first-order valence-corrected chi connectivity index (χ1v) is 6.18. The lowest BCUT2D eigenvalue weighted by atomic mass is 10.1. The molecule has 1 amide bonds. The van der Waals surface area contributed by atoms with E-state index in [0.717, 1.165) is 12.8 Å². The van der Waals surface area contributed by atoms with Gasteiger partial charge in [-0.15, -0.1) is 0 Å². The van der Waals surface area contributed by atoms with Crippen LogP contribution in [0.15, 0.2) is 24.3 Å². The van der Waals surface area contributed by atoms with Crippen LogP contribution in [0.3, 0.4) is 0 Å². The third-order valence-electron chi connectivity index (χ3n) is 2.73. The predicted octanol–water partition coefficient (Wildman–Crippen LogP) is 2.19. The SMILES string of the molecule is CCCc1ccc(C(=O)N(CC)CC(=O)O)cc1. The van der Waals surface area contributed by atoms with Crippen LogP contribution >= 0.6 is 0 Å². The van der Waals surface area contributed by atoms with Crippen LogP contribution in [-0.4, -0.2) is 35.0 Å². The number of likely N-dealkylation sites (N-methyl/N-ethyl adjacent to an activating group) is 1. The van der Waals surface area contributed by atoms with Gasteiger partial charge in [-0.05, 0) is 31.0 Å². The van der Waals surface area contributed by atoms with Crippen LogP contribution in [0.25, 0.3) is 0 Å². The zero-order valence-corrected chi connectivity index (χ0v) is 10.8. The number of amides is 1. The normalized spacial score (nSPS) is 10.1. The molecule has 1 aromatic rings. The number of hydrogen-bond donors (Lipinski definition) is 1. The van der Waals surface area contributed by atoms with E-state index in [2.05, 4.69) is 6.92 Å². The zero-order chi connectivity index (χ0) is 13.5. The summed E-state index contributed by atoms with van der Waals surface area (Å²) in [7, 11) is 0. The van der Waals surface area contributed by atoms with Gasteiger partial charge in [0.25, 0.3) is 5.91 Å². The van der Waals surface area contributed by atoms with Crippen molar-refractivity contribution >= 4 is 11.9 Å². The van der Waals surface area contributed by atoms with Crippen LogP contribution in [-0.2, 0) is 11.2 Å². The minimum Gasteiger partial charge on any atom is -0.480 e. The molecule has 0 heterocycles. The summed E-state index contributed by atoms with van der Waals surface area (Å²) >= 11 is 0. The molecule has 0 unspecified atom stereocenters. The fourth-order valence-corrected chi connectivity index (χ4v) is 1.78. The molecule has 0 aromatic heterocycles. The minimum absolute atomic E-state index is 0.233. The number of carboxylic acid groups (broad SMARTS) is 1. The number of aliphatic carboxylic acids is 1. The Balaban J connectivity index is 2.78. The molecule has 1 aromatic carbocycles. The van der Waals surface area contributed by atoms with Gasteiger partial charge in [-0.2, -0.15) is 0 Å². The second-order valence-electron chi connectivity index (χ2n) is 4.16. The van der Waals surface area contributed by atoms with Crippen molar-refractivity contribution in [2.75, 3.05) is 13.1 Å². The molecule has 0 fully saturated rings. The fraction of sp³-hybridized carbons (Fsp3) is 0.429. The predicted molar refractivity (Wildman–Crippen MR) is 69.7 cm³/mol. The van der Waals surface area contributed by atoms with E-state index in [-0.39, 0.29) is 12.5 Å². The molecule has 4 nitrogen and oxygen atoms in total. The van der Waals surface area contributed by atoms with Gasteiger partial charge in [-0.25, -0.2) is 0 Å². The highest BCUT2D eigenvalue weighted by atomic mass is 16.4. The van der Waals surface area contributed by atoms with Gasteiger partial charge in [0.05, 0.1) is 0 Å². The molecule has 0 radical (unpaired) electrons. The van der Waals surface area contributed by atoms with Crippen LogP contribution in [0.1, 0.15) is 36.2 Å². The van der Waals surface area contributed by atoms with Crippen LogP contribution in [0.4, 0.5) is 0 Å². The number of hydrogen-bond acceptors (Lipinski definition) is 2. The lowest BCUT2D eigenvalue weighted by Gasteiger charge is -2.18. The lowest BCUT2D eigenvalue weighted by molar-refractivity contribution is -0.137. The monoisotopic (exact) mass is 249 g/mol. The maximum Gasteiger partial charge on any atom is 0.323 e. The van der Waals surface area contributed by atoms with Gasteiger partial charge in [0, 0.05) is 12.1 Å². The Morgan fingerprint density at radius 2 is 1.78 bits per heavy atom. The maximum atomic E-state index is 12.0. The number of carboxylic acids is 1. The van der Waals surface area contributed by atoms with E-state index < -0.39 is 5.97 Å². The Bertz CT molecular complexity index is 412. The minimum atomic E-state index is -0.993. The lowest BCUT2D eigenvalue weighted by Crippen LogP contribution is -2.35. The second-order valence-corrected chi connectivity index (χ2v) is 4.16. The summed E-state index contributed by atoms with van der Waals surface area (Å²) < 4.78 is 0. The van der Waals surface area contributed by atoms with Crippen molar-refractivity contribution in [2.24, 2.45) is 0 Å². The van der Waals surface area contributed by atoms with Gasteiger partial charge in [0.1, 0.15) is 6.54 Å². The van der Waals surface area contributed by atoms with Crippen molar-refractivity contribution in [2.45, 2.75) is 26.7 Å². The zero-order valence-electron chi connectivity index (χ0n) is 10.8. The molecule has 0 saturated carbocycles. The van der Waals surface area contributed by atoms with E-state index in [0.29, 0.717) is 12.1 Å². The maximum absolute atomic E-state index is 12.0. The van der Waals surface area contributed by atoms with Crippen LogP contribution in [0, 0.1) is 0 Å². The van der Waals surface area contributed by atoms with Crippen LogP contribution in [0.2, 0.25) is 0 Å². The van der Waals surface area contributed by atoms with Gasteiger partial charge >= 0.3 is 5.97 Å². The highest BCUT2D eigenvalue weighted by Gasteiger charge is 2.16. The summed E-state index contributed by atoms with van der Waals surface area (Å²) in [6, 6.07) is 7.37. The molecule has 4 heteroatoms. The molecule has 0 saturated heterocycles. The number of aryl methyl sites for hydroxylation is 1. The molecule has 1 N–H and O–H groups in total. The number of rotatable bonds is 6. The van der Waals surface area contributed by atoms with E-state index in [4.69, 9.17) is 5.11 Å². The van der Waals surface area contributed by atoms with Gasteiger partial charge in [-0.1, -0.05) is 25.5 Å². The molecular weight excluding hydrogens is 230 g/mol. The van der Waals surface area contributed by atoms with Crippen molar-refractivity contribution < 1.29 is 14.7 Å². The Kier molecular flexibility index (Phi) is 5.36.